The highest BCUT2D eigenvalue weighted by molar-refractivity contribution is 5.66. The number of carboxylic acids is 1. The van der Waals surface area contributed by atoms with Crippen LogP contribution in [0.5, 0.6) is 0 Å². The van der Waals surface area contributed by atoms with Gasteiger partial charge in [0, 0.05) is 19.2 Å². The second-order valence-corrected chi connectivity index (χ2v) is 3.94. The molecule has 0 atom stereocenters. The van der Waals surface area contributed by atoms with Crippen LogP contribution < -0.4 is 11.1 Å². The summed E-state index contributed by atoms with van der Waals surface area (Å²) in [5, 5.41) is 11.5. The van der Waals surface area contributed by atoms with Crippen molar-refractivity contribution in [2.24, 2.45) is 5.73 Å². The fraction of sp³-hybridized carbons (Fsp3) is 0.500. The van der Waals surface area contributed by atoms with Crippen molar-refractivity contribution >= 4 is 5.97 Å². The summed E-state index contributed by atoms with van der Waals surface area (Å²) < 4.78 is 0. The van der Waals surface area contributed by atoms with E-state index < -0.39 is 5.97 Å². The molecule has 0 aromatic carbocycles. The van der Waals surface area contributed by atoms with Gasteiger partial charge < -0.3 is 16.2 Å². The quantitative estimate of drug-likeness (QED) is 0.435. The fourth-order valence-electron chi connectivity index (χ4n) is 1.40. The Balaban J connectivity index is 4.06. The van der Waals surface area contributed by atoms with Gasteiger partial charge in [-0.05, 0) is 31.8 Å². The van der Waals surface area contributed by atoms with Crippen LogP contribution in [0.15, 0.2) is 35.7 Å². The average Bonchev–Trinajstić information content (AvgIpc) is 2.34. The maximum Gasteiger partial charge on any atom is 0.303 e. The van der Waals surface area contributed by atoms with E-state index in [0.717, 1.165) is 30.7 Å². The van der Waals surface area contributed by atoms with Gasteiger partial charge >= 0.3 is 5.97 Å². The van der Waals surface area contributed by atoms with Crippen LogP contribution in [0.4, 0.5) is 0 Å². The van der Waals surface area contributed by atoms with Gasteiger partial charge in [-0.25, -0.2) is 0 Å². The molecule has 0 heterocycles. The van der Waals surface area contributed by atoms with Crippen LogP contribution in [-0.4, -0.2) is 18.1 Å². The van der Waals surface area contributed by atoms with E-state index in [0.29, 0.717) is 6.42 Å². The number of hydrogen-bond donors (Lipinski definition) is 3. The van der Waals surface area contributed by atoms with Gasteiger partial charge in [0.25, 0.3) is 0 Å². The Morgan fingerprint density at radius 1 is 1.22 bits per heavy atom. The Hall–Kier alpha value is -1.71. The lowest BCUT2D eigenvalue weighted by molar-refractivity contribution is -0.136. The first kappa shape index (κ1) is 16.3. The molecule has 0 radical (unpaired) electrons. The van der Waals surface area contributed by atoms with Gasteiger partial charge in [0.2, 0.25) is 0 Å². The normalized spacial score (nSPS) is 13.0. The molecule has 0 aliphatic carbocycles. The smallest absolute Gasteiger partial charge is 0.303 e. The summed E-state index contributed by atoms with van der Waals surface area (Å²) >= 11 is 0. The Morgan fingerprint density at radius 2 is 1.83 bits per heavy atom. The summed E-state index contributed by atoms with van der Waals surface area (Å²) in [5.74, 6) is -0.763. The third-order valence-electron chi connectivity index (χ3n) is 2.41. The first-order valence-corrected chi connectivity index (χ1v) is 6.31. The number of likely N-dealkylation sites (N-methyl/N-ethyl adjacent to an activating group) is 1. The van der Waals surface area contributed by atoms with Gasteiger partial charge in [-0.15, -0.1) is 0 Å². The van der Waals surface area contributed by atoms with Crippen molar-refractivity contribution in [2.45, 2.75) is 39.0 Å². The van der Waals surface area contributed by atoms with Crippen LogP contribution in [0.3, 0.4) is 0 Å². The third-order valence-corrected chi connectivity index (χ3v) is 2.41. The Kier molecular flexibility index (Phi) is 9.45. The van der Waals surface area contributed by atoms with Crippen molar-refractivity contribution < 1.29 is 9.90 Å². The van der Waals surface area contributed by atoms with Crippen LogP contribution >= 0.6 is 0 Å². The molecule has 102 valence electrons. The topological polar surface area (TPSA) is 75.3 Å². The molecule has 0 rings (SSSR count). The number of nitrogens with two attached hydrogens (primary N) is 1. The van der Waals surface area contributed by atoms with Crippen molar-refractivity contribution in [3.8, 4) is 0 Å². The van der Waals surface area contributed by atoms with Gasteiger partial charge in [-0.1, -0.05) is 25.2 Å². The minimum Gasteiger partial charge on any atom is -0.481 e. The van der Waals surface area contributed by atoms with Crippen LogP contribution in [0.1, 0.15) is 39.0 Å². The Morgan fingerprint density at radius 3 is 2.33 bits per heavy atom. The summed E-state index contributed by atoms with van der Waals surface area (Å²) in [6.45, 7) is 2.07. The van der Waals surface area contributed by atoms with E-state index in [1.807, 2.05) is 25.3 Å². The van der Waals surface area contributed by atoms with Gasteiger partial charge in [0.05, 0.1) is 5.70 Å². The second-order valence-electron chi connectivity index (χ2n) is 3.94. The predicted octanol–water partition coefficient (Wildman–Crippen LogP) is 2.54. The predicted molar refractivity (Wildman–Crippen MR) is 74.9 cm³/mol. The van der Waals surface area contributed by atoms with Crippen LogP contribution in [0, 0.1) is 0 Å². The summed E-state index contributed by atoms with van der Waals surface area (Å²) in [7, 11) is 1.85. The second kappa shape index (κ2) is 10.4. The molecule has 0 fully saturated rings. The Bertz CT molecular complexity index is 331. The molecule has 4 nitrogen and oxygen atoms in total. The molecule has 0 bridgehead atoms. The molecule has 0 saturated heterocycles. The van der Waals surface area contributed by atoms with Gasteiger partial charge in [0.1, 0.15) is 0 Å². The number of allylic oxidation sites excluding steroid dienone is 5. The average molecular weight is 252 g/mol. The minimum absolute atomic E-state index is 0.183. The van der Waals surface area contributed by atoms with Gasteiger partial charge in [-0.3, -0.25) is 4.79 Å². The van der Waals surface area contributed by atoms with E-state index in [2.05, 4.69) is 18.3 Å². The molecular weight excluding hydrogens is 228 g/mol. The highest BCUT2D eigenvalue weighted by Crippen LogP contribution is 2.06. The van der Waals surface area contributed by atoms with Crippen molar-refractivity contribution in [3.63, 3.8) is 0 Å². The van der Waals surface area contributed by atoms with Gasteiger partial charge in [0.15, 0.2) is 0 Å². The maximum atomic E-state index is 10.3. The SMILES string of the molecule is CC/C=C/C(NC)=C(/N)CC/C=C\CCC(=O)O. The molecule has 0 aromatic heterocycles. The molecule has 0 aromatic rings. The Labute approximate surface area is 109 Å². The zero-order valence-corrected chi connectivity index (χ0v) is 11.3. The number of nitrogens with one attached hydrogen (secondary N) is 1. The summed E-state index contributed by atoms with van der Waals surface area (Å²) in [6.07, 6.45) is 11.3. The highest BCUT2D eigenvalue weighted by atomic mass is 16.4. The molecule has 4 heteroatoms. The summed E-state index contributed by atoms with van der Waals surface area (Å²) in [5.41, 5.74) is 7.75. The van der Waals surface area contributed by atoms with Crippen molar-refractivity contribution in [3.05, 3.63) is 35.7 Å². The molecule has 0 amide bonds. The lowest BCUT2D eigenvalue weighted by Gasteiger charge is -2.06. The van der Waals surface area contributed by atoms with Crippen molar-refractivity contribution in [2.75, 3.05) is 7.05 Å². The van der Waals surface area contributed by atoms with E-state index in [4.69, 9.17) is 10.8 Å². The fourth-order valence-corrected chi connectivity index (χ4v) is 1.40. The summed E-state index contributed by atoms with van der Waals surface area (Å²) in [6, 6.07) is 0. The van der Waals surface area contributed by atoms with Crippen molar-refractivity contribution in [1.82, 2.24) is 5.32 Å². The van der Waals surface area contributed by atoms with Crippen LogP contribution in [-0.2, 0) is 4.79 Å². The number of carbonyl (C=O) groups is 1. The number of carboxylic acid groups (broad SMARTS) is 1. The minimum atomic E-state index is -0.763. The zero-order chi connectivity index (χ0) is 13.8. The number of hydrogen-bond acceptors (Lipinski definition) is 3. The first-order valence-electron chi connectivity index (χ1n) is 6.31. The lowest BCUT2D eigenvalue weighted by Crippen LogP contribution is -2.12. The zero-order valence-electron chi connectivity index (χ0n) is 11.3. The first-order chi connectivity index (χ1) is 8.61. The number of aliphatic carboxylic acids is 1. The molecule has 4 N–H and O–H groups in total. The standard InChI is InChI=1S/C14H24N2O2/c1-3-4-10-13(16-2)12(15)9-7-5-6-8-11-14(17)18/h4-6,10,16H,3,7-9,11,15H2,1-2H3,(H,17,18)/b6-5-,10-4+,13-12-. The van der Waals surface area contributed by atoms with Crippen LogP contribution in [0.2, 0.25) is 0 Å². The third kappa shape index (κ3) is 8.44. The highest BCUT2D eigenvalue weighted by Gasteiger charge is 1.97. The largest absolute Gasteiger partial charge is 0.481 e. The van der Waals surface area contributed by atoms with E-state index in [1.165, 1.54) is 0 Å². The van der Waals surface area contributed by atoms with E-state index in [-0.39, 0.29) is 6.42 Å². The molecule has 0 saturated carbocycles. The molecule has 0 spiro atoms. The molecule has 0 aliphatic heterocycles. The molecule has 0 unspecified atom stereocenters. The monoisotopic (exact) mass is 252 g/mol. The summed E-state index contributed by atoms with van der Waals surface area (Å²) in [4.78, 5) is 10.3. The van der Waals surface area contributed by atoms with Crippen molar-refractivity contribution in [1.29, 1.82) is 0 Å². The number of rotatable bonds is 9. The lowest BCUT2D eigenvalue weighted by atomic mass is 10.1. The van der Waals surface area contributed by atoms with Crippen LogP contribution in [0.25, 0.3) is 0 Å². The maximum absolute atomic E-state index is 10.3. The molecule has 18 heavy (non-hydrogen) atoms. The van der Waals surface area contributed by atoms with Gasteiger partial charge in [-0.2, -0.15) is 0 Å². The van der Waals surface area contributed by atoms with E-state index >= 15 is 0 Å². The van der Waals surface area contributed by atoms with E-state index in [9.17, 15) is 4.79 Å². The molecule has 0 aliphatic rings. The molecular formula is C14H24N2O2. The van der Waals surface area contributed by atoms with E-state index in [1.54, 1.807) is 0 Å².